The molecule has 1 rings (SSSR count). The van der Waals surface area contributed by atoms with Crippen LogP contribution in [0.3, 0.4) is 0 Å². The van der Waals surface area contributed by atoms with Crippen LogP contribution in [0.15, 0.2) is 12.1 Å². The lowest BCUT2D eigenvalue weighted by Crippen LogP contribution is -2.18. The van der Waals surface area contributed by atoms with Crippen LogP contribution >= 0.6 is 0 Å². The maximum atomic E-state index is 11.3. The molecule has 0 amide bonds. The van der Waals surface area contributed by atoms with Crippen LogP contribution in [0.4, 0.5) is 0 Å². The van der Waals surface area contributed by atoms with E-state index in [1.807, 2.05) is 12.1 Å². The van der Waals surface area contributed by atoms with Crippen molar-refractivity contribution in [3.8, 4) is 5.75 Å². The van der Waals surface area contributed by atoms with E-state index in [1.165, 1.54) is 6.61 Å². The summed E-state index contributed by atoms with van der Waals surface area (Å²) in [5.41, 5.74) is 2.12. The summed E-state index contributed by atoms with van der Waals surface area (Å²) in [5.74, 6) is 0.0617. The molecule has 0 aliphatic heterocycles. The summed E-state index contributed by atoms with van der Waals surface area (Å²) in [6.45, 7) is 15.5. The first kappa shape index (κ1) is 17.5. The van der Waals surface area contributed by atoms with Crippen LogP contribution < -0.4 is 0 Å². The number of benzene rings is 1. The van der Waals surface area contributed by atoms with E-state index in [1.54, 1.807) is 6.92 Å². The molecule has 0 saturated heterocycles. The van der Waals surface area contributed by atoms with E-state index < -0.39 is 0 Å². The predicted octanol–water partition coefficient (Wildman–Crippen LogP) is 4.45. The third-order valence-electron chi connectivity index (χ3n) is 3.36. The molecule has 0 heterocycles. The second-order valence-corrected chi connectivity index (χ2v) is 7.43. The Hall–Kier alpha value is -1.51. The van der Waals surface area contributed by atoms with Crippen LogP contribution in [-0.4, -0.2) is 11.1 Å². The van der Waals surface area contributed by atoms with Gasteiger partial charge in [-0.2, -0.15) is 0 Å². The molecule has 1 radical (unpaired) electrons. The third kappa shape index (κ3) is 4.48. The maximum absolute atomic E-state index is 11.3. The lowest BCUT2D eigenvalue weighted by Gasteiger charge is -2.28. The zero-order valence-electron chi connectivity index (χ0n) is 14.2. The second-order valence-electron chi connectivity index (χ2n) is 7.43. The molecular formula is C18H27O3. The van der Waals surface area contributed by atoms with Gasteiger partial charge in [-0.1, -0.05) is 48.5 Å². The van der Waals surface area contributed by atoms with Gasteiger partial charge < -0.3 is 9.84 Å². The average Bonchev–Trinajstić information content (AvgIpc) is 2.34. The smallest absolute Gasteiger partial charge is 0.306 e. The number of rotatable bonds is 3. The number of phenolic OH excluding ortho intramolecular Hbond substituents is 1. The number of esters is 1. The minimum atomic E-state index is -0.266. The fraction of sp³-hybridized carbons (Fsp3) is 0.556. The fourth-order valence-electron chi connectivity index (χ4n) is 2.09. The highest BCUT2D eigenvalue weighted by molar-refractivity contribution is 5.69. The highest BCUT2D eigenvalue weighted by Crippen LogP contribution is 2.40. The van der Waals surface area contributed by atoms with E-state index >= 15 is 0 Å². The van der Waals surface area contributed by atoms with Crippen molar-refractivity contribution in [2.75, 3.05) is 0 Å². The molecule has 1 aromatic carbocycles. The first-order valence-corrected chi connectivity index (χ1v) is 7.37. The Morgan fingerprint density at radius 1 is 1.10 bits per heavy atom. The first-order valence-electron chi connectivity index (χ1n) is 7.37. The number of ether oxygens (including phenoxy) is 1. The monoisotopic (exact) mass is 291 g/mol. The van der Waals surface area contributed by atoms with Crippen LogP contribution in [0.25, 0.3) is 0 Å². The summed E-state index contributed by atoms with van der Waals surface area (Å²) in [6, 6.07) is 3.76. The van der Waals surface area contributed by atoms with E-state index in [0.29, 0.717) is 12.2 Å². The molecule has 0 aromatic heterocycles. The van der Waals surface area contributed by atoms with Crippen molar-refractivity contribution >= 4 is 5.97 Å². The molecule has 0 saturated carbocycles. The van der Waals surface area contributed by atoms with Crippen molar-refractivity contribution in [2.24, 2.45) is 0 Å². The molecule has 0 atom stereocenters. The van der Waals surface area contributed by atoms with Gasteiger partial charge in [0.25, 0.3) is 0 Å². The van der Waals surface area contributed by atoms with Gasteiger partial charge in [0.05, 0.1) is 0 Å². The zero-order chi connectivity index (χ0) is 16.4. The van der Waals surface area contributed by atoms with E-state index in [4.69, 9.17) is 4.74 Å². The molecule has 0 unspecified atom stereocenters. The SMILES string of the molecule is CCC(=O)O[CH]c1cc(C(C)(C)C)c(O)c(C(C)(C)C)c1. The Morgan fingerprint density at radius 2 is 1.52 bits per heavy atom. The van der Waals surface area contributed by atoms with E-state index in [-0.39, 0.29) is 16.8 Å². The number of aromatic hydroxyl groups is 1. The van der Waals surface area contributed by atoms with Crippen molar-refractivity contribution in [1.29, 1.82) is 0 Å². The zero-order valence-corrected chi connectivity index (χ0v) is 14.2. The number of carbonyl (C=O) groups excluding carboxylic acids is 1. The van der Waals surface area contributed by atoms with Crippen LogP contribution in [0.1, 0.15) is 71.6 Å². The number of hydrogen-bond acceptors (Lipinski definition) is 3. The number of phenols is 1. The maximum Gasteiger partial charge on any atom is 0.306 e. The van der Waals surface area contributed by atoms with E-state index in [0.717, 1.165) is 16.7 Å². The van der Waals surface area contributed by atoms with Gasteiger partial charge in [-0.25, -0.2) is 0 Å². The normalized spacial score (nSPS) is 12.3. The molecule has 0 aliphatic carbocycles. The molecular weight excluding hydrogens is 264 g/mol. The molecule has 0 bridgehead atoms. The minimum absolute atomic E-state index is 0.192. The first-order chi connectivity index (χ1) is 9.46. The van der Waals surface area contributed by atoms with Gasteiger partial charge in [-0.15, -0.1) is 0 Å². The molecule has 0 spiro atoms. The van der Waals surface area contributed by atoms with Crippen LogP contribution in [-0.2, 0) is 20.4 Å². The topological polar surface area (TPSA) is 46.5 Å². The molecule has 0 fully saturated rings. The lowest BCUT2D eigenvalue weighted by atomic mass is 9.78. The summed E-state index contributed by atoms with van der Waals surface area (Å²) in [5, 5.41) is 10.6. The summed E-state index contributed by atoms with van der Waals surface area (Å²) >= 11 is 0. The number of hydrogen-bond donors (Lipinski definition) is 1. The van der Waals surface area contributed by atoms with Crippen LogP contribution in [0.2, 0.25) is 0 Å². The van der Waals surface area contributed by atoms with Crippen LogP contribution in [0, 0.1) is 6.61 Å². The largest absolute Gasteiger partial charge is 0.507 e. The molecule has 0 aliphatic rings. The Morgan fingerprint density at radius 3 is 1.86 bits per heavy atom. The Bertz CT molecular complexity index is 481. The van der Waals surface area contributed by atoms with Crippen molar-refractivity contribution in [1.82, 2.24) is 0 Å². The summed E-state index contributed by atoms with van der Waals surface area (Å²) in [7, 11) is 0. The van der Waals surface area contributed by atoms with Gasteiger partial charge in [0.15, 0.2) is 6.61 Å². The van der Waals surface area contributed by atoms with Gasteiger partial charge in [0.1, 0.15) is 5.75 Å². The molecule has 117 valence electrons. The molecule has 3 heteroatoms. The van der Waals surface area contributed by atoms with Gasteiger partial charge >= 0.3 is 5.97 Å². The van der Waals surface area contributed by atoms with E-state index in [9.17, 15) is 9.90 Å². The lowest BCUT2D eigenvalue weighted by molar-refractivity contribution is -0.139. The van der Waals surface area contributed by atoms with Crippen molar-refractivity contribution in [3.05, 3.63) is 35.4 Å². The van der Waals surface area contributed by atoms with Gasteiger partial charge in [0.2, 0.25) is 0 Å². The Kier molecular flexibility index (Phi) is 5.08. The highest BCUT2D eigenvalue weighted by Gasteiger charge is 2.26. The van der Waals surface area contributed by atoms with Crippen molar-refractivity contribution in [2.45, 2.75) is 65.7 Å². The van der Waals surface area contributed by atoms with Crippen molar-refractivity contribution in [3.63, 3.8) is 0 Å². The fourth-order valence-corrected chi connectivity index (χ4v) is 2.09. The Labute approximate surface area is 128 Å². The van der Waals surface area contributed by atoms with Gasteiger partial charge in [-0.05, 0) is 39.7 Å². The Balaban J connectivity index is 3.31. The molecule has 3 nitrogen and oxygen atoms in total. The predicted molar refractivity (Wildman–Crippen MR) is 85.3 cm³/mol. The number of carbonyl (C=O) groups is 1. The molecule has 21 heavy (non-hydrogen) atoms. The van der Waals surface area contributed by atoms with Crippen molar-refractivity contribution < 1.29 is 14.6 Å². The van der Waals surface area contributed by atoms with Gasteiger partial charge in [0, 0.05) is 6.42 Å². The van der Waals surface area contributed by atoms with E-state index in [2.05, 4.69) is 41.5 Å². The van der Waals surface area contributed by atoms with Crippen LogP contribution in [0.5, 0.6) is 5.75 Å². The second kappa shape index (κ2) is 6.08. The average molecular weight is 291 g/mol. The van der Waals surface area contributed by atoms with Gasteiger partial charge in [-0.3, -0.25) is 4.79 Å². The molecule has 1 aromatic rings. The summed E-state index contributed by atoms with van der Waals surface area (Å²) in [6.07, 6.45) is 0.340. The molecule has 1 N–H and O–H groups in total. The minimum Gasteiger partial charge on any atom is -0.507 e. The highest BCUT2D eigenvalue weighted by atomic mass is 16.5. The standard InChI is InChI=1S/C18H27O3/c1-8-15(19)21-11-12-9-13(17(2,3)4)16(20)14(10-12)18(5,6)7/h9-11,20H,8H2,1-7H3. The summed E-state index contributed by atoms with van der Waals surface area (Å²) in [4.78, 5) is 11.3. The summed E-state index contributed by atoms with van der Waals surface area (Å²) < 4.78 is 5.11. The quantitative estimate of drug-likeness (QED) is 0.837. The third-order valence-corrected chi connectivity index (χ3v) is 3.36.